The normalized spacial score (nSPS) is 37.0. The van der Waals surface area contributed by atoms with Crippen molar-refractivity contribution in [1.82, 2.24) is 4.90 Å². The molecular weight excluding hydrogens is 278 g/mol. The lowest BCUT2D eigenvalue weighted by atomic mass is 9.49. The molecule has 4 nitrogen and oxygen atoms in total. The highest BCUT2D eigenvalue weighted by atomic mass is 16.5. The van der Waals surface area contributed by atoms with Crippen LogP contribution in [0.5, 0.6) is 0 Å². The zero-order chi connectivity index (χ0) is 15.9. The van der Waals surface area contributed by atoms with Crippen LogP contribution in [0.1, 0.15) is 52.4 Å². The van der Waals surface area contributed by atoms with Crippen molar-refractivity contribution in [3.05, 3.63) is 0 Å². The molecule has 0 heterocycles. The first-order chi connectivity index (χ1) is 10.5. The third kappa shape index (κ3) is 2.65. The molecule has 4 fully saturated rings. The van der Waals surface area contributed by atoms with E-state index >= 15 is 0 Å². The maximum Gasteiger partial charge on any atom is 0.310 e. The Labute approximate surface area is 133 Å². The van der Waals surface area contributed by atoms with Crippen molar-refractivity contribution in [2.75, 3.05) is 20.2 Å². The Balaban J connectivity index is 1.72. The molecule has 1 atom stereocenters. The number of amides is 1. The van der Waals surface area contributed by atoms with Gasteiger partial charge in [-0.1, -0.05) is 6.92 Å². The van der Waals surface area contributed by atoms with E-state index in [1.165, 1.54) is 26.4 Å². The summed E-state index contributed by atoms with van der Waals surface area (Å²) >= 11 is 0. The van der Waals surface area contributed by atoms with Crippen molar-refractivity contribution in [3.8, 4) is 0 Å². The molecule has 1 amide bonds. The van der Waals surface area contributed by atoms with Crippen LogP contribution in [-0.4, -0.2) is 37.0 Å². The monoisotopic (exact) mass is 307 g/mol. The predicted octanol–water partition coefficient (Wildman–Crippen LogP) is 2.86. The molecule has 4 saturated carbocycles. The predicted molar refractivity (Wildman–Crippen MR) is 84.0 cm³/mol. The number of hydrogen-bond donors (Lipinski definition) is 0. The average molecular weight is 307 g/mol. The van der Waals surface area contributed by atoms with Gasteiger partial charge in [0, 0.05) is 13.1 Å². The number of esters is 1. The van der Waals surface area contributed by atoms with E-state index in [4.69, 9.17) is 4.74 Å². The van der Waals surface area contributed by atoms with Gasteiger partial charge in [-0.05, 0) is 63.2 Å². The van der Waals surface area contributed by atoms with Crippen molar-refractivity contribution < 1.29 is 14.3 Å². The summed E-state index contributed by atoms with van der Waals surface area (Å²) in [5.74, 6) is 2.15. The highest BCUT2D eigenvalue weighted by Crippen LogP contribution is 2.60. The first-order valence-electron chi connectivity index (χ1n) is 8.84. The van der Waals surface area contributed by atoms with Crippen LogP contribution in [0, 0.1) is 29.1 Å². The molecule has 4 aliphatic carbocycles. The molecule has 0 saturated heterocycles. The van der Waals surface area contributed by atoms with Crippen LogP contribution in [-0.2, 0) is 14.3 Å². The fourth-order valence-electron chi connectivity index (χ4n) is 5.67. The molecule has 124 valence electrons. The summed E-state index contributed by atoms with van der Waals surface area (Å²) in [5.41, 5.74) is -0.111. The molecule has 0 N–H and O–H groups in total. The van der Waals surface area contributed by atoms with E-state index in [0.29, 0.717) is 19.0 Å². The Kier molecular flexibility index (Phi) is 4.21. The highest BCUT2D eigenvalue weighted by Gasteiger charge is 2.55. The van der Waals surface area contributed by atoms with Gasteiger partial charge in [0.2, 0.25) is 5.91 Å². The summed E-state index contributed by atoms with van der Waals surface area (Å²) in [6.07, 6.45) is 7.29. The molecule has 4 heteroatoms. The first kappa shape index (κ1) is 15.8. The molecule has 4 bridgehead atoms. The Morgan fingerprint density at radius 3 is 2.05 bits per heavy atom. The number of carbonyl (C=O) groups is 2. The van der Waals surface area contributed by atoms with Gasteiger partial charge in [0.1, 0.15) is 0 Å². The van der Waals surface area contributed by atoms with Gasteiger partial charge in [-0.2, -0.15) is 0 Å². The lowest BCUT2D eigenvalue weighted by Crippen LogP contribution is -2.55. The average Bonchev–Trinajstić information content (AvgIpc) is 2.49. The Morgan fingerprint density at radius 1 is 1.14 bits per heavy atom. The number of carbonyl (C=O) groups excluding carboxylic acids is 2. The van der Waals surface area contributed by atoms with Crippen LogP contribution in [0.3, 0.4) is 0 Å². The summed E-state index contributed by atoms with van der Waals surface area (Å²) < 4.78 is 4.81. The van der Waals surface area contributed by atoms with E-state index in [1.807, 2.05) is 18.7 Å². The van der Waals surface area contributed by atoms with Gasteiger partial charge in [0.05, 0.1) is 18.4 Å². The molecule has 0 spiro atoms. The van der Waals surface area contributed by atoms with Crippen molar-refractivity contribution in [1.29, 1.82) is 0 Å². The molecule has 0 aromatic rings. The summed E-state index contributed by atoms with van der Waals surface area (Å²) in [6.45, 7) is 5.04. The fraction of sp³-hybridized carbons (Fsp3) is 0.889. The second-order valence-corrected chi connectivity index (χ2v) is 7.97. The molecule has 0 aliphatic heterocycles. The van der Waals surface area contributed by atoms with E-state index < -0.39 is 0 Å². The molecule has 22 heavy (non-hydrogen) atoms. The topological polar surface area (TPSA) is 46.6 Å². The van der Waals surface area contributed by atoms with Gasteiger partial charge < -0.3 is 9.64 Å². The number of rotatable bonds is 5. The lowest BCUT2D eigenvalue weighted by molar-refractivity contribution is -0.159. The number of ether oxygens (including phenoxy) is 1. The van der Waals surface area contributed by atoms with Crippen molar-refractivity contribution in [2.24, 2.45) is 29.1 Å². The minimum absolute atomic E-state index is 0.111. The standard InChI is InChI=1S/C18H29NO3/c1-4-19(11-12(2)16(20)22-3)17(21)18-8-13-5-14(9-18)7-15(6-13)10-18/h12-15H,4-11H2,1-3H3. The van der Waals surface area contributed by atoms with Gasteiger partial charge in [-0.25, -0.2) is 0 Å². The highest BCUT2D eigenvalue weighted by molar-refractivity contribution is 5.84. The van der Waals surface area contributed by atoms with Crippen molar-refractivity contribution in [2.45, 2.75) is 52.4 Å². The van der Waals surface area contributed by atoms with Crippen molar-refractivity contribution >= 4 is 11.9 Å². The quantitative estimate of drug-likeness (QED) is 0.734. The van der Waals surface area contributed by atoms with Crippen molar-refractivity contribution in [3.63, 3.8) is 0 Å². The third-order valence-corrected chi connectivity index (χ3v) is 6.26. The molecule has 4 aliphatic rings. The summed E-state index contributed by atoms with van der Waals surface area (Å²) in [5, 5.41) is 0. The lowest BCUT2D eigenvalue weighted by Gasteiger charge is -2.56. The minimum Gasteiger partial charge on any atom is -0.469 e. The number of methoxy groups -OCH3 is 1. The van der Waals surface area contributed by atoms with Crippen LogP contribution in [0.15, 0.2) is 0 Å². The van der Waals surface area contributed by atoms with Crippen LogP contribution >= 0.6 is 0 Å². The summed E-state index contributed by atoms with van der Waals surface area (Å²) in [6, 6.07) is 0. The van der Waals surface area contributed by atoms with E-state index in [9.17, 15) is 9.59 Å². The molecule has 0 radical (unpaired) electrons. The van der Waals surface area contributed by atoms with Gasteiger partial charge in [0.15, 0.2) is 0 Å². The SMILES string of the molecule is CCN(CC(C)C(=O)OC)C(=O)C12CC3CC(CC(C3)C1)C2. The molecule has 0 aromatic heterocycles. The maximum atomic E-state index is 13.2. The zero-order valence-corrected chi connectivity index (χ0v) is 14.1. The summed E-state index contributed by atoms with van der Waals surface area (Å²) in [4.78, 5) is 26.8. The number of nitrogens with zero attached hydrogens (tertiary/aromatic N) is 1. The fourth-order valence-corrected chi connectivity index (χ4v) is 5.67. The second-order valence-electron chi connectivity index (χ2n) is 7.97. The first-order valence-corrected chi connectivity index (χ1v) is 8.84. The van der Waals surface area contributed by atoms with Gasteiger partial charge in [-0.15, -0.1) is 0 Å². The van der Waals surface area contributed by atoms with Gasteiger partial charge >= 0.3 is 5.97 Å². The molecule has 4 rings (SSSR count). The second kappa shape index (κ2) is 5.86. The van der Waals surface area contributed by atoms with E-state index in [0.717, 1.165) is 37.0 Å². The minimum atomic E-state index is -0.247. The summed E-state index contributed by atoms with van der Waals surface area (Å²) in [7, 11) is 1.41. The Hall–Kier alpha value is -1.06. The van der Waals surface area contributed by atoms with Gasteiger partial charge in [-0.3, -0.25) is 9.59 Å². The van der Waals surface area contributed by atoms with Crippen LogP contribution < -0.4 is 0 Å². The smallest absolute Gasteiger partial charge is 0.310 e. The van der Waals surface area contributed by atoms with Crippen LogP contribution in [0.25, 0.3) is 0 Å². The van der Waals surface area contributed by atoms with E-state index in [-0.39, 0.29) is 17.3 Å². The van der Waals surface area contributed by atoms with E-state index in [1.54, 1.807) is 0 Å². The molecular formula is C18H29NO3. The Bertz CT molecular complexity index is 424. The van der Waals surface area contributed by atoms with E-state index in [2.05, 4.69) is 0 Å². The molecule has 1 unspecified atom stereocenters. The van der Waals surface area contributed by atoms with Gasteiger partial charge in [0.25, 0.3) is 0 Å². The molecule has 0 aromatic carbocycles. The Morgan fingerprint density at radius 2 is 1.64 bits per heavy atom. The maximum absolute atomic E-state index is 13.2. The van der Waals surface area contributed by atoms with Crippen LogP contribution in [0.2, 0.25) is 0 Å². The zero-order valence-electron chi connectivity index (χ0n) is 14.1. The largest absolute Gasteiger partial charge is 0.469 e. The third-order valence-electron chi connectivity index (χ3n) is 6.26. The van der Waals surface area contributed by atoms with Crippen LogP contribution in [0.4, 0.5) is 0 Å². The number of hydrogen-bond acceptors (Lipinski definition) is 3.